The monoisotopic (exact) mass is 1160 g/mol. The third-order valence-electron chi connectivity index (χ3n) is 12.3. The Morgan fingerprint density at radius 2 is 1.06 bits per heavy atom. The summed E-state index contributed by atoms with van der Waals surface area (Å²) in [4.78, 5) is 89.5. The minimum absolute atomic E-state index is 0.0451. The predicted octanol–water partition coefficient (Wildman–Crippen LogP) is 1.68. The van der Waals surface area contributed by atoms with Crippen LogP contribution in [0.1, 0.15) is 61.6 Å². The number of hydroxylamine groups is 2. The molecule has 0 bridgehead atoms. The molecule has 1 spiro atoms. The molecular formula is C54H81N9O19. The fourth-order valence-electron chi connectivity index (χ4n) is 7.86. The first kappa shape index (κ1) is 66.8. The Kier molecular flexibility index (Phi) is 32.8. The lowest BCUT2D eigenvalue weighted by Gasteiger charge is -2.37. The van der Waals surface area contributed by atoms with Crippen molar-refractivity contribution in [3.63, 3.8) is 0 Å². The predicted molar refractivity (Wildman–Crippen MR) is 287 cm³/mol. The largest absolute Gasteiger partial charge is 0.382 e. The first-order chi connectivity index (χ1) is 40.1. The van der Waals surface area contributed by atoms with Crippen molar-refractivity contribution >= 4 is 35.6 Å². The molecule has 0 atom stereocenters. The maximum Gasteiger partial charge on any atom is 0.335 e. The van der Waals surface area contributed by atoms with Gasteiger partial charge >= 0.3 is 12.0 Å². The van der Waals surface area contributed by atoms with Gasteiger partial charge < -0.3 is 71.9 Å². The number of urea groups is 1. The molecule has 3 aromatic rings. The highest BCUT2D eigenvalue weighted by atomic mass is 16.7. The lowest BCUT2D eigenvalue weighted by atomic mass is 9.87. The van der Waals surface area contributed by atoms with E-state index in [1.807, 2.05) is 30.3 Å². The first-order valence-electron chi connectivity index (χ1n) is 27.7. The van der Waals surface area contributed by atoms with Gasteiger partial charge in [0.2, 0.25) is 5.82 Å². The molecule has 1 aromatic carbocycles. The molecular weight excluding hydrogens is 1080 g/mol. The number of likely N-dealkylation sites (tertiary alicyclic amines) is 1. The maximum absolute atomic E-state index is 13.3. The van der Waals surface area contributed by atoms with Crippen LogP contribution in [0.15, 0.2) is 48.9 Å². The van der Waals surface area contributed by atoms with E-state index < -0.39 is 29.4 Å². The molecule has 456 valence electrons. The number of nitrogens with one attached hydrogen (secondary N) is 1. The molecule has 3 saturated heterocycles. The number of amides is 6. The number of carbonyl (C=O) groups is 6. The highest BCUT2D eigenvalue weighted by molar-refractivity contribution is 6.07. The maximum atomic E-state index is 13.3. The Morgan fingerprint density at radius 3 is 1.55 bits per heavy atom. The van der Waals surface area contributed by atoms with Gasteiger partial charge in [-0.3, -0.25) is 24.1 Å². The number of piperidine rings is 1. The number of benzene rings is 1. The molecule has 1 N–H and O–H groups in total. The van der Waals surface area contributed by atoms with E-state index in [4.69, 9.17) is 61.7 Å². The van der Waals surface area contributed by atoms with E-state index in [0.717, 1.165) is 18.6 Å². The first-order valence-corrected chi connectivity index (χ1v) is 27.7. The van der Waals surface area contributed by atoms with Crippen molar-refractivity contribution in [3.8, 4) is 11.3 Å². The van der Waals surface area contributed by atoms with Gasteiger partial charge in [-0.15, -0.1) is 10.2 Å². The van der Waals surface area contributed by atoms with Crippen LogP contribution >= 0.6 is 0 Å². The number of ether oxygens (including phenoxy) is 12. The topological polar surface area (TPSA) is 301 Å². The lowest BCUT2D eigenvalue weighted by Crippen LogP contribution is -2.56. The minimum atomic E-state index is -1.01. The number of imide groups is 2. The van der Waals surface area contributed by atoms with Crippen LogP contribution in [0.2, 0.25) is 0 Å². The van der Waals surface area contributed by atoms with E-state index in [1.165, 1.54) is 17.3 Å². The third-order valence-corrected chi connectivity index (χ3v) is 12.3. The average Bonchev–Trinajstić information content (AvgIpc) is 4.27. The quantitative estimate of drug-likeness (QED) is 0.0479. The van der Waals surface area contributed by atoms with E-state index in [9.17, 15) is 28.8 Å². The summed E-state index contributed by atoms with van der Waals surface area (Å²) < 4.78 is 65.9. The number of methoxy groups -OCH3 is 1. The summed E-state index contributed by atoms with van der Waals surface area (Å²) in [6.45, 7) is 14.4. The molecule has 0 radical (unpaired) electrons. The van der Waals surface area contributed by atoms with Crippen LogP contribution < -0.4 is 5.32 Å². The Labute approximate surface area is 477 Å². The number of carbonyl (C=O) groups excluding carboxylic acids is 6. The number of hydrogen-bond acceptors (Lipinski definition) is 23. The summed E-state index contributed by atoms with van der Waals surface area (Å²) in [6, 6.07) is 8.96. The third kappa shape index (κ3) is 25.2. The molecule has 3 aliphatic heterocycles. The Hall–Kier alpha value is -6.02. The summed E-state index contributed by atoms with van der Waals surface area (Å²) in [6.07, 6.45) is 6.54. The summed E-state index contributed by atoms with van der Waals surface area (Å²) >= 11 is 0. The molecule has 0 aliphatic carbocycles. The van der Waals surface area contributed by atoms with Gasteiger partial charge in [0.05, 0.1) is 171 Å². The van der Waals surface area contributed by atoms with Crippen molar-refractivity contribution in [1.29, 1.82) is 0 Å². The second-order valence-electron chi connectivity index (χ2n) is 18.4. The molecule has 3 aliphatic rings. The van der Waals surface area contributed by atoms with Crippen molar-refractivity contribution < 1.29 is 90.4 Å². The molecule has 2 aromatic heterocycles. The molecule has 0 saturated carbocycles. The van der Waals surface area contributed by atoms with Crippen molar-refractivity contribution in [3.05, 3.63) is 60.3 Å². The van der Waals surface area contributed by atoms with Crippen LogP contribution in [0.3, 0.4) is 0 Å². The lowest BCUT2D eigenvalue weighted by molar-refractivity contribution is -0.198. The highest BCUT2D eigenvalue weighted by Crippen LogP contribution is 2.31. The van der Waals surface area contributed by atoms with Gasteiger partial charge in [-0.25, -0.2) is 24.2 Å². The fourth-order valence-corrected chi connectivity index (χ4v) is 7.86. The number of hydrogen-bond donors (Lipinski definition) is 1. The van der Waals surface area contributed by atoms with E-state index in [2.05, 4.69) is 32.5 Å². The summed E-state index contributed by atoms with van der Waals surface area (Å²) in [5.74, 6) is -2.25. The summed E-state index contributed by atoms with van der Waals surface area (Å²) in [7, 11) is 1.63. The van der Waals surface area contributed by atoms with Crippen LogP contribution in [-0.2, 0) is 93.9 Å². The summed E-state index contributed by atoms with van der Waals surface area (Å²) in [5.41, 5.74) is 1.05. The van der Waals surface area contributed by atoms with Gasteiger partial charge in [0.25, 0.3) is 23.6 Å². The zero-order valence-corrected chi connectivity index (χ0v) is 47.3. The highest BCUT2D eigenvalue weighted by Gasteiger charge is 2.52. The zero-order chi connectivity index (χ0) is 58.3. The van der Waals surface area contributed by atoms with E-state index in [0.29, 0.717) is 174 Å². The van der Waals surface area contributed by atoms with E-state index in [-0.39, 0.29) is 63.1 Å². The van der Waals surface area contributed by atoms with Gasteiger partial charge in [-0.05, 0) is 24.8 Å². The minimum Gasteiger partial charge on any atom is -0.382 e. The van der Waals surface area contributed by atoms with Gasteiger partial charge in [-0.2, -0.15) is 0 Å². The van der Waals surface area contributed by atoms with Crippen LogP contribution in [0.4, 0.5) is 4.79 Å². The molecule has 5 heterocycles. The smallest absolute Gasteiger partial charge is 0.335 e. The van der Waals surface area contributed by atoms with Crippen LogP contribution in [0, 0.1) is 0 Å². The molecule has 0 unspecified atom stereocenters. The Morgan fingerprint density at radius 1 is 0.598 bits per heavy atom. The second kappa shape index (κ2) is 40.2. The SMILES string of the molecule is CCCOCCOCCOCCOCCOCCOCCOCCC(=O)ON1C(=O)CCC1=O.COCCOCCOCCOCCOCCn1cc(-c2cnc(C(=O)N3CCC4(CC3)NC(=O)N(Cc3ccccc3)C4=O)nc2)nn1. The second-order valence-corrected chi connectivity index (χ2v) is 18.4. The number of rotatable bonds is 43. The van der Waals surface area contributed by atoms with E-state index >= 15 is 0 Å². The van der Waals surface area contributed by atoms with Gasteiger partial charge in [0.1, 0.15) is 11.2 Å². The van der Waals surface area contributed by atoms with Crippen molar-refractivity contribution in [2.45, 2.75) is 64.1 Å². The van der Waals surface area contributed by atoms with Crippen molar-refractivity contribution in [1.82, 2.24) is 45.1 Å². The normalized spacial score (nSPS) is 14.9. The van der Waals surface area contributed by atoms with E-state index in [1.54, 1.807) is 22.9 Å². The summed E-state index contributed by atoms with van der Waals surface area (Å²) in [5, 5.41) is 11.7. The molecule has 28 heteroatoms. The zero-order valence-electron chi connectivity index (χ0n) is 47.3. The van der Waals surface area contributed by atoms with Gasteiger partial charge in [-0.1, -0.05) is 42.5 Å². The standard InChI is InChI=1S/C32H42N8O8.C22H39NO11/c1-44-13-14-46-17-18-48-20-19-47-16-15-45-12-11-39-24-27(36-37-39)26-21-33-28(34-22-26)29(41)38-9-7-32(8-10-38)30(42)40(31(43)35-32)23-25-5-3-2-4-6-25;1-2-6-27-8-10-29-12-14-31-16-18-33-19-17-32-15-13-30-11-9-28-7-5-22(26)34-23-20(24)3-4-21(23)25/h2-6,21-22,24H,7-20,23H2,1H3,(H,35,43);2-19H2,1H3. The van der Waals surface area contributed by atoms with Gasteiger partial charge in [0.15, 0.2) is 0 Å². The van der Waals surface area contributed by atoms with Crippen molar-refractivity contribution in [2.24, 2.45) is 0 Å². The Bertz CT molecular complexity index is 2280. The molecule has 3 fully saturated rings. The van der Waals surface area contributed by atoms with Crippen molar-refractivity contribution in [2.75, 3.05) is 172 Å². The van der Waals surface area contributed by atoms with Crippen LogP contribution in [0.25, 0.3) is 11.3 Å². The molecule has 82 heavy (non-hydrogen) atoms. The van der Waals surface area contributed by atoms with Gasteiger partial charge in [0, 0.05) is 57.6 Å². The Balaban J connectivity index is 0.000000321. The average molecular weight is 1160 g/mol. The fraction of sp³-hybridized carbons (Fsp3) is 0.667. The van der Waals surface area contributed by atoms with Crippen LogP contribution in [-0.4, -0.2) is 253 Å². The number of nitrogens with zero attached hydrogens (tertiary/aromatic N) is 8. The van der Waals surface area contributed by atoms with Crippen LogP contribution in [0.5, 0.6) is 0 Å². The number of aromatic nitrogens is 5. The molecule has 6 amide bonds. The molecule has 28 nitrogen and oxygen atoms in total. The molecule has 6 rings (SSSR count).